The number of nitrogens with zero attached hydrogens (tertiary/aromatic N) is 1. The van der Waals surface area contributed by atoms with Gasteiger partial charge in [0.2, 0.25) is 0 Å². The van der Waals surface area contributed by atoms with Gasteiger partial charge in [-0.1, -0.05) is 0 Å². The van der Waals surface area contributed by atoms with Crippen molar-refractivity contribution in [3.05, 3.63) is 23.8 Å². The fraction of sp³-hybridized carbons (Fsp3) is 0.500. The van der Waals surface area contributed by atoms with Crippen LogP contribution in [0.1, 0.15) is 16.8 Å². The molecule has 0 spiro atoms. The van der Waals surface area contributed by atoms with Gasteiger partial charge in [0.25, 0.3) is 0 Å². The van der Waals surface area contributed by atoms with Gasteiger partial charge in [0.15, 0.2) is 0 Å². The number of hydrogen-bond donors (Lipinski definition) is 2. The fourth-order valence-corrected chi connectivity index (χ4v) is 2.43. The Morgan fingerprint density at radius 1 is 1.58 bits per heavy atom. The molecule has 1 aromatic rings. The van der Waals surface area contributed by atoms with Crippen LogP contribution in [0.5, 0.6) is 5.75 Å². The van der Waals surface area contributed by atoms with Crippen LogP contribution in [0.4, 0.5) is 5.69 Å². The molecular formula is C14H20N2O3. The average molecular weight is 264 g/mol. The van der Waals surface area contributed by atoms with Crippen molar-refractivity contribution in [1.82, 2.24) is 4.90 Å². The summed E-state index contributed by atoms with van der Waals surface area (Å²) >= 11 is 0. The van der Waals surface area contributed by atoms with Crippen LogP contribution < -0.4 is 10.1 Å². The second-order valence-electron chi connectivity index (χ2n) is 5.01. The molecule has 1 saturated heterocycles. The zero-order chi connectivity index (χ0) is 13.8. The number of aromatic carboxylic acids is 1. The number of carbonyl (C=O) groups is 1. The lowest BCUT2D eigenvalue weighted by Crippen LogP contribution is -2.20. The van der Waals surface area contributed by atoms with E-state index in [1.807, 2.05) is 0 Å². The third kappa shape index (κ3) is 3.38. The SMILES string of the molecule is COc1ccc(C(=O)O)c(NCC2CCN(C)C2)c1. The van der Waals surface area contributed by atoms with Gasteiger partial charge in [0, 0.05) is 19.2 Å². The van der Waals surface area contributed by atoms with Crippen molar-refractivity contribution in [2.24, 2.45) is 5.92 Å². The number of anilines is 1. The van der Waals surface area contributed by atoms with Crippen molar-refractivity contribution < 1.29 is 14.6 Å². The van der Waals surface area contributed by atoms with Crippen molar-refractivity contribution in [3.63, 3.8) is 0 Å². The highest BCUT2D eigenvalue weighted by Gasteiger charge is 2.20. The highest BCUT2D eigenvalue weighted by atomic mass is 16.5. The number of carboxylic acid groups (broad SMARTS) is 1. The second kappa shape index (κ2) is 5.93. The maximum absolute atomic E-state index is 11.2. The molecule has 1 heterocycles. The average Bonchev–Trinajstić information content (AvgIpc) is 2.81. The van der Waals surface area contributed by atoms with Gasteiger partial charge in [-0.05, 0) is 38.1 Å². The Labute approximate surface area is 113 Å². The van der Waals surface area contributed by atoms with Crippen LogP contribution in [0.25, 0.3) is 0 Å². The molecule has 1 aromatic carbocycles. The molecule has 0 aliphatic carbocycles. The molecule has 5 heteroatoms. The molecule has 1 aliphatic heterocycles. The number of methoxy groups -OCH3 is 1. The summed E-state index contributed by atoms with van der Waals surface area (Å²) in [6, 6.07) is 4.98. The van der Waals surface area contributed by atoms with Crippen LogP contribution in [0, 0.1) is 5.92 Å². The summed E-state index contributed by atoms with van der Waals surface area (Å²) < 4.78 is 5.14. The molecule has 0 saturated carbocycles. The van der Waals surface area contributed by atoms with Crippen molar-refractivity contribution in [2.45, 2.75) is 6.42 Å². The van der Waals surface area contributed by atoms with Crippen molar-refractivity contribution >= 4 is 11.7 Å². The molecule has 2 rings (SSSR count). The van der Waals surface area contributed by atoms with Crippen LogP contribution in [-0.4, -0.2) is 49.8 Å². The van der Waals surface area contributed by atoms with E-state index in [9.17, 15) is 9.90 Å². The Kier molecular flexibility index (Phi) is 4.27. The van der Waals surface area contributed by atoms with E-state index in [1.54, 1.807) is 25.3 Å². The summed E-state index contributed by atoms with van der Waals surface area (Å²) in [5.74, 6) is 0.308. The maximum atomic E-state index is 11.2. The zero-order valence-corrected chi connectivity index (χ0v) is 11.3. The number of nitrogens with one attached hydrogen (secondary N) is 1. The van der Waals surface area contributed by atoms with Crippen LogP contribution in [-0.2, 0) is 0 Å². The van der Waals surface area contributed by atoms with E-state index < -0.39 is 5.97 Å². The standard InChI is InChI=1S/C14H20N2O3/c1-16-6-5-10(9-16)8-15-13-7-11(19-2)3-4-12(13)14(17)18/h3-4,7,10,15H,5-6,8-9H2,1-2H3,(H,17,18). The fourth-order valence-electron chi connectivity index (χ4n) is 2.43. The monoisotopic (exact) mass is 264 g/mol. The van der Waals surface area contributed by atoms with Gasteiger partial charge in [-0.25, -0.2) is 4.79 Å². The summed E-state index contributed by atoms with van der Waals surface area (Å²) in [4.78, 5) is 13.5. The van der Waals surface area contributed by atoms with Crippen LogP contribution in [0.2, 0.25) is 0 Å². The van der Waals surface area contributed by atoms with Gasteiger partial charge in [-0.15, -0.1) is 0 Å². The molecule has 0 bridgehead atoms. The Morgan fingerprint density at radius 3 is 2.95 bits per heavy atom. The molecule has 0 amide bonds. The molecule has 1 atom stereocenters. The molecule has 0 aromatic heterocycles. The minimum Gasteiger partial charge on any atom is -0.497 e. The summed E-state index contributed by atoms with van der Waals surface area (Å²) in [5.41, 5.74) is 0.911. The van der Waals surface area contributed by atoms with E-state index in [0.717, 1.165) is 26.1 Å². The minimum atomic E-state index is -0.923. The normalized spacial score (nSPS) is 19.4. The first-order valence-electron chi connectivity index (χ1n) is 6.44. The van der Waals surface area contributed by atoms with Crippen molar-refractivity contribution in [3.8, 4) is 5.75 Å². The number of benzene rings is 1. The molecule has 0 radical (unpaired) electrons. The Hall–Kier alpha value is -1.75. The Morgan fingerprint density at radius 2 is 2.37 bits per heavy atom. The first kappa shape index (κ1) is 13.7. The van der Waals surface area contributed by atoms with E-state index in [4.69, 9.17) is 4.74 Å². The lowest BCUT2D eigenvalue weighted by Gasteiger charge is -2.15. The second-order valence-corrected chi connectivity index (χ2v) is 5.01. The molecule has 1 aliphatic rings. The summed E-state index contributed by atoms with van der Waals surface area (Å²) in [5, 5.41) is 12.4. The number of hydrogen-bond acceptors (Lipinski definition) is 4. The van der Waals surface area contributed by atoms with Crippen molar-refractivity contribution in [1.29, 1.82) is 0 Å². The largest absolute Gasteiger partial charge is 0.497 e. The predicted octanol–water partition coefficient (Wildman–Crippen LogP) is 1.76. The van der Waals surface area contributed by atoms with E-state index in [1.165, 1.54) is 0 Å². The number of ether oxygens (including phenoxy) is 1. The third-order valence-electron chi connectivity index (χ3n) is 3.53. The van der Waals surface area contributed by atoms with Gasteiger partial charge in [0.1, 0.15) is 5.75 Å². The first-order chi connectivity index (χ1) is 9.10. The molecule has 19 heavy (non-hydrogen) atoms. The van der Waals surface area contributed by atoms with Crippen LogP contribution in [0.15, 0.2) is 18.2 Å². The smallest absolute Gasteiger partial charge is 0.337 e. The lowest BCUT2D eigenvalue weighted by molar-refractivity contribution is 0.0698. The van der Waals surface area contributed by atoms with E-state index in [2.05, 4.69) is 17.3 Å². The number of rotatable bonds is 5. The lowest BCUT2D eigenvalue weighted by atomic mass is 10.1. The van der Waals surface area contributed by atoms with Gasteiger partial charge in [-0.2, -0.15) is 0 Å². The van der Waals surface area contributed by atoms with Gasteiger partial charge in [0.05, 0.1) is 18.4 Å². The molecule has 1 fully saturated rings. The van der Waals surface area contributed by atoms with Gasteiger partial charge < -0.3 is 20.1 Å². The van der Waals surface area contributed by atoms with Gasteiger partial charge in [-0.3, -0.25) is 0 Å². The Bertz CT molecular complexity index is 462. The maximum Gasteiger partial charge on any atom is 0.337 e. The molecule has 2 N–H and O–H groups in total. The molecule has 1 unspecified atom stereocenters. The highest BCUT2D eigenvalue weighted by molar-refractivity contribution is 5.94. The molecular weight excluding hydrogens is 244 g/mol. The summed E-state index contributed by atoms with van der Waals surface area (Å²) in [7, 11) is 3.68. The van der Waals surface area contributed by atoms with Crippen molar-refractivity contribution in [2.75, 3.05) is 39.1 Å². The number of carboxylic acids is 1. The Balaban J connectivity index is 2.06. The summed E-state index contributed by atoms with van der Waals surface area (Å²) in [6.45, 7) is 2.95. The quantitative estimate of drug-likeness (QED) is 0.848. The van der Waals surface area contributed by atoms with E-state index in [0.29, 0.717) is 17.4 Å². The minimum absolute atomic E-state index is 0.284. The van der Waals surface area contributed by atoms with Crippen LogP contribution >= 0.6 is 0 Å². The van der Waals surface area contributed by atoms with E-state index >= 15 is 0 Å². The van der Waals surface area contributed by atoms with Gasteiger partial charge >= 0.3 is 5.97 Å². The zero-order valence-electron chi connectivity index (χ0n) is 11.3. The highest BCUT2D eigenvalue weighted by Crippen LogP contribution is 2.24. The molecule has 104 valence electrons. The topological polar surface area (TPSA) is 61.8 Å². The first-order valence-corrected chi connectivity index (χ1v) is 6.44. The van der Waals surface area contributed by atoms with E-state index in [-0.39, 0.29) is 5.56 Å². The predicted molar refractivity (Wildman–Crippen MR) is 74.0 cm³/mol. The third-order valence-corrected chi connectivity index (χ3v) is 3.53. The summed E-state index contributed by atoms with van der Waals surface area (Å²) in [6.07, 6.45) is 1.15. The molecule has 5 nitrogen and oxygen atoms in total. The van der Waals surface area contributed by atoms with Crippen LogP contribution in [0.3, 0.4) is 0 Å². The number of likely N-dealkylation sites (tertiary alicyclic amines) is 1.